The zero-order valence-electron chi connectivity index (χ0n) is 31.2. The van der Waals surface area contributed by atoms with Crippen molar-refractivity contribution in [1.29, 1.82) is 0 Å². The number of aliphatic imine (C=N–C) groups is 2. The van der Waals surface area contributed by atoms with Crippen molar-refractivity contribution in [3.63, 3.8) is 0 Å². The van der Waals surface area contributed by atoms with Crippen LogP contribution in [0.5, 0.6) is 11.5 Å². The summed E-state index contributed by atoms with van der Waals surface area (Å²) in [5, 5.41) is 21.7. The Balaban J connectivity index is 0.00000192. The molecular formula is C40H66CoN2O2. The monoisotopic (exact) mass is 665 g/mol. The van der Waals surface area contributed by atoms with Crippen LogP contribution in [0, 0.1) is 5.41 Å². The fraction of sp³-hybridized carbons (Fsp3) is 0.650. The maximum atomic E-state index is 10.8. The molecule has 4 nitrogen and oxygen atoms in total. The second kappa shape index (κ2) is 18.9. The molecule has 2 N–H and O–H groups in total. The first-order chi connectivity index (χ1) is 20.3. The van der Waals surface area contributed by atoms with Gasteiger partial charge in [-0.25, -0.2) is 0 Å². The van der Waals surface area contributed by atoms with Crippen LogP contribution in [-0.4, -0.2) is 34.7 Å². The first-order valence-corrected chi connectivity index (χ1v) is 17.1. The van der Waals surface area contributed by atoms with Crippen molar-refractivity contribution in [2.75, 3.05) is 0 Å². The van der Waals surface area contributed by atoms with Crippen LogP contribution >= 0.6 is 0 Å². The number of aromatic hydroxyl groups is 2. The summed E-state index contributed by atoms with van der Waals surface area (Å²) < 4.78 is 0. The fourth-order valence-corrected chi connectivity index (χ4v) is 4.83. The van der Waals surface area contributed by atoms with Crippen molar-refractivity contribution >= 4 is 12.4 Å². The van der Waals surface area contributed by atoms with E-state index in [0.29, 0.717) is 16.9 Å². The fourth-order valence-electron chi connectivity index (χ4n) is 4.83. The minimum atomic E-state index is -0.00118. The average Bonchev–Trinajstić information content (AvgIpc) is 2.90. The van der Waals surface area contributed by atoms with Gasteiger partial charge >= 0.3 is 0 Å². The molecule has 0 saturated heterocycles. The third-order valence-electron chi connectivity index (χ3n) is 7.43. The minimum Gasteiger partial charge on any atom is -0.507 e. The molecule has 45 heavy (non-hydrogen) atoms. The molecule has 0 amide bonds. The van der Waals surface area contributed by atoms with E-state index in [1.807, 2.05) is 12.4 Å². The van der Waals surface area contributed by atoms with Crippen LogP contribution in [0.15, 0.2) is 34.3 Å². The van der Waals surface area contributed by atoms with Crippen LogP contribution in [-0.2, 0) is 40.5 Å². The molecule has 1 aliphatic rings. The molecule has 2 aromatic carbocycles. The number of nitrogens with zero attached hydrogens (tertiary/aromatic N) is 2. The molecule has 1 radical (unpaired) electrons. The molecule has 0 aromatic heterocycles. The predicted molar refractivity (Wildman–Crippen MR) is 195 cm³/mol. The number of benzene rings is 2. The smallest absolute Gasteiger partial charge is 0.127 e. The zero-order valence-corrected chi connectivity index (χ0v) is 32.2. The van der Waals surface area contributed by atoms with Crippen LogP contribution in [0.3, 0.4) is 0 Å². The summed E-state index contributed by atoms with van der Waals surface area (Å²) in [4.78, 5) is 9.92. The van der Waals surface area contributed by atoms with Gasteiger partial charge in [-0.05, 0) is 76.3 Å². The van der Waals surface area contributed by atoms with Gasteiger partial charge in [0.1, 0.15) is 11.5 Å². The van der Waals surface area contributed by atoms with Gasteiger partial charge in [-0.2, -0.15) is 0 Å². The molecule has 2 aromatic rings. The normalized spacial score (nSPS) is 17.3. The van der Waals surface area contributed by atoms with Crippen LogP contribution in [0.4, 0.5) is 0 Å². The van der Waals surface area contributed by atoms with Gasteiger partial charge in [-0.15, -0.1) is 0 Å². The van der Waals surface area contributed by atoms with Gasteiger partial charge in [0.2, 0.25) is 0 Å². The number of phenols is 2. The summed E-state index contributed by atoms with van der Waals surface area (Å²) in [6.07, 6.45) is 10.7. The molecule has 257 valence electrons. The predicted octanol–water partition coefficient (Wildman–Crippen LogP) is 11.1. The Hall–Kier alpha value is -2.11. The third-order valence-corrected chi connectivity index (χ3v) is 7.43. The van der Waals surface area contributed by atoms with E-state index in [-0.39, 0.29) is 39.7 Å². The molecule has 0 heterocycles. The Bertz CT molecular complexity index is 1130. The SMILES string of the molecule is CC(C)(C)C.CCC.CCc1cc(C(C)(C)C)cc(C=N[C@@H]2CCCC[C@H]2N=Cc2cc(C(C)(C)C)cc(CC)c2O)c1O.[Co]. The first-order valence-electron chi connectivity index (χ1n) is 17.1. The standard InChI is InChI=1S/C32H46N2O2.C5H12.C3H8.Co/c1-9-21-15-25(31(3,4)5)17-23(29(21)35)19-33-27-13-11-12-14-28(27)34-20-24-18-26(32(6,7)8)16-22(10-2)30(24)36;1-5(2,3)4;1-3-2;/h15-20,27-28,35-36H,9-14H2,1-8H3;1-4H3;3H2,1-2H3;/t27-,28-;;;/m1.../s1. The molecule has 2 atom stereocenters. The van der Waals surface area contributed by atoms with Crippen molar-refractivity contribution in [2.24, 2.45) is 15.4 Å². The van der Waals surface area contributed by atoms with Crippen molar-refractivity contribution < 1.29 is 27.0 Å². The average molecular weight is 666 g/mol. The molecule has 3 rings (SSSR count). The van der Waals surface area contributed by atoms with E-state index in [4.69, 9.17) is 9.98 Å². The number of aryl methyl sites for hydroxylation is 2. The summed E-state index contributed by atoms with van der Waals surface area (Å²) >= 11 is 0. The van der Waals surface area contributed by atoms with Crippen LogP contribution in [0.1, 0.15) is 162 Å². The summed E-state index contributed by atoms with van der Waals surface area (Å²) in [6, 6.07) is 8.50. The van der Waals surface area contributed by atoms with Gasteiger partial charge in [0.15, 0.2) is 0 Å². The molecule has 0 bridgehead atoms. The summed E-state index contributed by atoms with van der Waals surface area (Å²) in [6.45, 7) is 30.3. The summed E-state index contributed by atoms with van der Waals surface area (Å²) in [5.41, 5.74) is 6.41. The van der Waals surface area contributed by atoms with Gasteiger partial charge in [-0.3, -0.25) is 9.98 Å². The Labute approximate surface area is 287 Å². The minimum absolute atomic E-state index is 0. The maximum absolute atomic E-state index is 10.8. The van der Waals surface area contributed by atoms with E-state index in [2.05, 4.69) is 121 Å². The molecule has 0 spiro atoms. The van der Waals surface area contributed by atoms with Gasteiger partial charge in [0, 0.05) is 40.3 Å². The second-order valence-electron chi connectivity index (χ2n) is 16.0. The third kappa shape index (κ3) is 14.9. The van der Waals surface area contributed by atoms with Crippen molar-refractivity contribution in [2.45, 2.75) is 165 Å². The van der Waals surface area contributed by atoms with E-state index >= 15 is 0 Å². The second-order valence-corrected chi connectivity index (χ2v) is 16.0. The van der Waals surface area contributed by atoms with Gasteiger partial charge in [0.25, 0.3) is 0 Å². The van der Waals surface area contributed by atoms with E-state index in [1.165, 1.54) is 17.5 Å². The topological polar surface area (TPSA) is 65.2 Å². The molecule has 0 unspecified atom stereocenters. The molecule has 5 heteroatoms. The number of hydrogen-bond donors (Lipinski definition) is 2. The number of phenolic OH excluding ortho intramolecular Hbond substituents is 2. The van der Waals surface area contributed by atoms with Crippen molar-refractivity contribution in [3.05, 3.63) is 57.6 Å². The number of hydrogen-bond acceptors (Lipinski definition) is 4. The summed E-state index contributed by atoms with van der Waals surface area (Å²) in [5.74, 6) is 0.669. The van der Waals surface area contributed by atoms with E-state index in [1.54, 1.807) is 0 Å². The molecule has 1 saturated carbocycles. The Morgan fingerprint density at radius 2 is 0.911 bits per heavy atom. The van der Waals surface area contributed by atoms with Gasteiger partial charge in [0.05, 0.1) is 12.1 Å². The Morgan fingerprint density at radius 3 is 1.16 bits per heavy atom. The molecule has 1 aliphatic carbocycles. The van der Waals surface area contributed by atoms with Crippen LogP contribution < -0.4 is 0 Å². The zero-order chi connectivity index (χ0) is 33.9. The number of rotatable bonds is 6. The van der Waals surface area contributed by atoms with Gasteiger partial charge < -0.3 is 10.2 Å². The van der Waals surface area contributed by atoms with E-state index in [0.717, 1.165) is 60.8 Å². The quantitative estimate of drug-likeness (QED) is 0.302. The van der Waals surface area contributed by atoms with E-state index < -0.39 is 0 Å². The van der Waals surface area contributed by atoms with Crippen molar-refractivity contribution in [3.8, 4) is 11.5 Å². The molecular weight excluding hydrogens is 599 g/mol. The van der Waals surface area contributed by atoms with Gasteiger partial charge in [-0.1, -0.05) is 128 Å². The first kappa shape index (κ1) is 42.9. The largest absolute Gasteiger partial charge is 0.507 e. The summed E-state index contributed by atoms with van der Waals surface area (Å²) in [7, 11) is 0. The maximum Gasteiger partial charge on any atom is 0.127 e. The van der Waals surface area contributed by atoms with Crippen molar-refractivity contribution in [1.82, 2.24) is 0 Å². The molecule has 0 aliphatic heterocycles. The Kier molecular flexibility index (Phi) is 18.0. The van der Waals surface area contributed by atoms with Crippen LogP contribution in [0.25, 0.3) is 0 Å². The van der Waals surface area contributed by atoms with Crippen LogP contribution in [0.2, 0.25) is 0 Å². The Morgan fingerprint density at radius 1 is 0.622 bits per heavy atom. The van der Waals surface area contributed by atoms with E-state index in [9.17, 15) is 10.2 Å². The molecule has 1 fully saturated rings.